The standard InChI is InChI=1S/C18H19N7O2/c26-17(15-5-3-11-27-15)24-7-9-25(10-8-24)18-22-16(13-21-23-18)20-12-14-4-1-2-6-19-14/h1-6,11,13H,7-10,12H2,(H,20,22,23). The number of amides is 1. The molecule has 1 aliphatic rings. The highest BCUT2D eigenvalue weighted by atomic mass is 16.3. The molecule has 3 aromatic heterocycles. The average Bonchev–Trinajstić information content (AvgIpc) is 3.28. The molecule has 27 heavy (non-hydrogen) atoms. The van der Waals surface area contributed by atoms with E-state index in [-0.39, 0.29) is 5.91 Å². The molecule has 1 fully saturated rings. The van der Waals surface area contributed by atoms with Gasteiger partial charge in [-0.25, -0.2) is 0 Å². The number of carbonyl (C=O) groups is 1. The number of pyridine rings is 1. The molecule has 1 aliphatic heterocycles. The number of anilines is 2. The van der Waals surface area contributed by atoms with Crippen molar-refractivity contribution in [2.24, 2.45) is 0 Å². The van der Waals surface area contributed by atoms with Gasteiger partial charge in [0.05, 0.1) is 24.7 Å². The minimum atomic E-state index is -0.0931. The van der Waals surface area contributed by atoms with Gasteiger partial charge in [0.1, 0.15) is 0 Å². The third-order valence-corrected chi connectivity index (χ3v) is 4.31. The Morgan fingerprint density at radius 3 is 2.78 bits per heavy atom. The van der Waals surface area contributed by atoms with Gasteiger partial charge in [-0.15, -0.1) is 5.10 Å². The number of nitrogens with one attached hydrogen (secondary N) is 1. The van der Waals surface area contributed by atoms with Crippen LogP contribution in [0.25, 0.3) is 0 Å². The summed E-state index contributed by atoms with van der Waals surface area (Å²) in [5, 5.41) is 11.4. The van der Waals surface area contributed by atoms with Crippen LogP contribution in [0.4, 0.5) is 11.8 Å². The van der Waals surface area contributed by atoms with E-state index in [4.69, 9.17) is 4.42 Å². The lowest BCUT2D eigenvalue weighted by atomic mass is 10.3. The van der Waals surface area contributed by atoms with Gasteiger partial charge in [-0.3, -0.25) is 9.78 Å². The topological polar surface area (TPSA) is 100 Å². The molecule has 0 radical (unpaired) electrons. The van der Waals surface area contributed by atoms with Crippen molar-refractivity contribution in [1.29, 1.82) is 0 Å². The van der Waals surface area contributed by atoms with Gasteiger partial charge >= 0.3 is 0 Å². The first-order chi connectivity index (χ1) is 13.3. The number of piperazine rings is 1. The second-order valence-electron chi connectivity index (χ2n) is 6.07. The van der Waals surface area contributed by atoms with Gasteiger partial charge in [-0.05, 0) is 24.3 Å². The first-order valence-electron chi connectivity index (χ1n) is 8.71. The largest absolute Gasteiger partial charge is 0.459 e. The lowest BCUT2D eigenvalue weighted by molar-refractivity contribution is 0.0714. The van der Waals surface area contributed by atoms with Gasteiger partial charge in [-0.1, -0.05) is 6.07 Å². The number of hydrogen-bond acceptors (Lipinski definition) is 8. The zero-order valence-corrected chi connectivity index (χ0v) is 14.7. The zero-order chi connectivity index (χ0) is 18.5. The number of hydrogen-bond donors (Lipinski definition) is 1. The second-order valence-corrected chi connectivity index (χ2v) is 6.07. The van der Waals surface area contributed by atoms with E-state index in [1.807, 2.05) is 23.1 Å². The fourth-order valence-corrected chi connectivity index (χ4v) is 2.86. The molecular weight excluding hydrogens is 346 g/mol. The minimum Gasteiger partial charge on any atom is -0.459 e. The summed E-state index contributed by atoms with van der Waals surface area (Å²) in [6.07, 6.45) is 4.85. The summed E-state index contributed by atoms with van der Waals surface area (Å²) in [6.45, 7) is 2.99. The predicted molar refractivity (Wildman–Crippen MR) is 98.2 cm³/mol. The molecular formula is C18H19N7O2. The summed E-state index contributed by atoms with van der Waals surface area (Å²) in [6, 6.07) is 9.16. The summed E-state index contributed by atoms with van der Waals surface area (Å²) in [4.78, 5) is 24.9. The van der Waals surface area contributed by atoms with Crippen LogP contribution in [0, 0.1) is 0 Å². The van der Waals surface area contributed by atoms with Crippen LogP contribution in [0.2, 0.25) is 0 Å². The average molecular weight is 365 g/mol. The fourth-order valence-electron chi connectivity index (χ4n) is 2.86. The number of aromatic nitrogens is 4. The van der Waals surface area contributed by atoms with Crippen molar-refractivity contribution in [3.05, 3.63) is 60.4 Å². The van der Waals surface area contributed by atoms with Crippen molar-refractivity contribution in [1.82, 2.24) is 25.1 Å². The van der Waals surface area contributed by atoms with Crippen molar-refractivity contribution in [3.8, 4) is 0 Å². The third kappa shape index (κ3) is 4.02. The lowest BCUT2D eigenvalue weighted by Crippen LogP contribution is -2.49. The van der Waals surface area contributed by atoms with Gasteiger partial charge in [0, 0.05) is 32.4 Å². The normalized spacial score (nSPS) is 14.2. The van der Waals surface area contributed by atoms with Crippen molar-refractivity contribution >= 4 is 17.7 Å². The molecule has 9 heteroatoms. The molecule has 3 aromatic rings. The summed E-state index contributed by atoms with van der Waals surface area (Å²) in [7, 11) is 0. The molecule has 1 saturated heterocycles. The molecule has 1 amide bonds. The molecule has 0 saturated carbocycles. The first-order valence-corrected chi connectivity index (χ1v) is 8.71. The van der Waals surface area contributed by atoms with E-state index in [0.29, 0.717) is 50.3 Å². The zero-order valence-electron chi connectivity index (χ0n) is 14.7. The van der Waals surface area contributed by atoms with Crippen LogP contribution < -0.4 is 10.2 Å². The lowest BCUT2D eigenvalue weighted by Gasteiger charge is -2.34. The fraction of sp³-hybridized carbons (Fsp3) is 0.278. The number of rotatable bonds is 5. The number of carbonyl (C=O) groups excluding carboxylic acids is 1. The van der Waals surface area contributed by atoms with Gasteiger partial charge in [0.15, 0.2) is 11.6 Å². The van der Waals surface area contributed by atoms with Crippen molar-refractivity contribution in [3.63, 3.8) is 0 Å². The van der Waals surface area contributed by atoms with Gasteiger partial charge < -0.3 is 19.5 Å². The molecule has 0 bridgehead atoms. The van der Waals surface area contributed by atoms with Crippen LogP contribution in [0.15, 0.2) is 53.4 Å². The SMILES string of the molecule is O=C(c1ccco1)N1CCN(c2nncc(NCc3ccccn3)n2)CC1. The Labute approximate surface area is 156 Å². The van der Waals surface area contributed by atoms with Gasteiger partial charge in [0.25, 0.3) is 5.91 Å². The summed E-state index contributed by atoms with van der Waals surface area (Å²) >= 11 is 0. The van der Waals surface area contributed by atoms with Crippen molar-refractivity contribution in [2.45, 2.75) is 6.54 Å². The Morgan fingerprint density at radius 2 is 2.04 bits per heavy atom. The third-order valence-electron chi connectivity index (χ3n) is 4.31. The second kappa shape index (κ2) is 7.81. The van der Waals surface area contributed by atoms with Crippen LogP contribution in [0.5, 0.6) is 0 Å². The Balaban J connectivity index is 1.35. The van der Waals surface area contributed by atoms with Crippen LogP contribution >= 0.6 is 0 Å². The van der Waals surface area contributed by atoms with Crippen molar-refractivity contribution < 1.29 is 9.21 Å². The summed E-state index contributed by atoms with van der Waals surface area (Å²) in [5.74, 6) is 1.46. The first kappa shape index (κ1) is 17.0. The molecule has 0 atom stereocenters. The smallest absolute Gasteiger partial charge is 0.289 e. The molecule has 0 spiro atoms. The van der Waals surface area contributed by atoms with Crippen molar-refractivity contribution in [2.75, 3.05) is 36.4 Å². The Kier molecular flexibility index (Phi) is 4.91. The van der Waals surface area contributed by atoms with E-state index in [1.54, 1.807) is 29.4 Å². The molecule has 0 aromatic carbocycles. The molecule has 0 aliphatic carbocycles. The summed E-state index contributed by atoms with van der Waals surface area (Å²) < 4.78 is 5.19. The van der Waals surface area contributed by atoms with E-state index in [9.17, 15) is 4.79 Å². The summed E-state index contributed by atoms with van der Waals surface area (Å²) in [5.41, 5.74) is 0.919. The molecule has 4 heterocycles. The number of nitrogens with zero attached hydrogens (tertiary/aromatic N) is 6. The Morgan fingerprint density at radius 1 is 1.15 bits per heavy atom. The minimum absolute atomic E-state index is 0.0931. The Bertz CT molecular complexity index is 878. The van der Waals surface area contributed by atoms with Crippen LogP contribution in [0.3, 0.4) is 0 Å². The van der Waals surface area contributed by atoms with Crippen LogP contribution in [-0.4, -0.2) is 57.2 Å². The highest BCUT2D eigenvalue weighted by Gasteiger charge is 2.25. The van der Waals surface area contributed by atoms with Gasteiger partial charge in [-0.2, -0.15) is 10.1 Å². The molecule has 138 valence electrons. The maximum absolute atomic E-state index is 12.3. The highest BCUT2D eigenvalue weighted by molar-refractivity contribution is 5.91. The Hall–Kier alpha value is -3.49. The quantitative estimate of drug-likeness (QED) is 0.725. The van der Waals surface area contributed by atoms with Crippen LogP contribution in [-0.2, 0) is 6.54 Å². The van der Waals surface area contributed by atoms with E-state index in [1.165, 1.54) is 6.26 Å². The van der Waals surface area contributed by atoms with E-state index in [2.05, 4.69) is 25.5 Å². The maximum Gasteiger partial charge on any atom is 0.289 e. The van der Waals surface area contributed by atoms with E-state index >= 15 is 0 Å². The van der Waals surface area contributed by atoms with E-state index in [0.717, 1.165) is 5.69 Å². The predicted octanol–water partition coefficient (Wildman–Crippen LogP) is 1.43. The number of furan rings is 1. The maximum atomic E-state index is 12.3. The molecule has 0 unspecified atom stereocenters. The highest BCUT2D eigenvalue weighted by Crippen LogP contribution is 2.15. The molecule has 4 rings (SSSR count). The molecule has 1 N–H and O–H groups in total. The monoisotopic (exact) mass is 365 g/mol. The molecule has 9 nitrogen and oxygen atoms in total. The van der Waals surface area contributed by atoms with E-state index < -0.39 is 0 Å². The van der Waals surface area contributed by atoms with Crippen LogP contribution in [0.1, 0.15) is 16.2 Å². The van der Waals surface area contributed by atoms with Gasteiger partial charge in [0.2, 0.25) is 5.95 Å².